The third-order valence-corrected chi connectivity index (χ3v) is 6.75. The molecule has 2 aliphatic carbocycles. The lowest BCUT2D eigenvalue weighted by Gasteiger charge is -2.18. The van der Waals surface area contributed by atoms with Crippen LogP contribution in [0.3, 0.4) is 0 Å². The smallest absolute Gasteiger partial charge is 0.407 e. The Morgan fingerprint density at radius 2 is 1.60 bits per heavy atom. The molecular weight excluding hydrogens is 446 g/mol. The molecule has 0 saturated heterocycles. The zero-order valence-electron chi connectivity index (χ0n) is 19.0. The average Bonchev–Trinajstić information content (AvgIpc) is 3.61. The van der Waals surface area contributed by atoms with Gasteiger partial charge in [0.05, 0.1) is 5.41 Å². The van der Waals surface area contributed by atoms with Gasteiger partial charge in [-0.05, 0) is 46.7 Å². The molecule has 3 aromatic rings. The Bertz CT molecular complexity index is 1240. The van der Waals surface area contributed by atoms with Crippen LogP contribution in [-0.4, -0.2) is 41.2 Å². The first-order valence-corrected chi connectivity index (χ1v) is 11.5. The number of nitrogens with zero attached hydrogens (tertiary/aromatic N) is 1. The number of carbonyl (C=O) groups is 3. The van der Waals surface area contributed by atoms with Gasteiger partial charge in [-0.2, -0.15) is 0 Å². The van der Waals surface area contributed by atoms with Gasteiger partial charge in [0.2, 0.25) is 5.91 Å². The van der Waals surface area contributed by atoms with Gasteiger partial charge in [0, 0.05) is 25.2 Å². The summed E-state index contributed by atoms with van der Waals surface area (Å²) < 4.78 is 5.56. The summed E-state index contributed by atoms with van der Waals surface area (Å²) in [5.41, 5.74) is 4.63. The molecule has 0 spiro atoms. The summed E-state index contributed by atoms with van der Waals surface area (Å²) in [6, 6.07) is 19.3. The summed E-state index contributed by atoms with van der Waals surface area (Å²) in [7, 11) is 0. The van der Waals surface area contributed by atoms with Gasteiger partial charge in [-0.25, -0.2) is 14.6 Å². The van der Waals surface area contributed by atoms with Crippen LogP contribution in [0.15, 0.2) is 66.9 Å². The SMILES string of the molecule is O=C(NCC1(C(=O)NCc2ccc(C(=O)O)nc2)CC1)OCC1c2ccccc2-c2ccccc21. The number of amides is 2. The molecule has 0 unspecified atom stereocenters. The molecule has 3 N–H and O–H groups in total. The van der Waals surface area contributed by atoms with E-state index in [1.807, 2.05) is 24.3 Å². The Balaban J connectivity index is 1.12. The fourth-order valence-electron chi connectivity index (χ4n) is 4.55. The number of hydrogen-bond acceptors (Lipinski definition) is 5. The second kappa shape index (κ2) is 9.21. The summed E-state index contributed by atoms with van der Waals surface area (Å²) in [4.78, 5) is 39.9. The zero-order valence-corrected chi connectivity index (χ0v) is 19.0. The minimum Gasteiger partial charge on any atom is -0.477 e. The lowest BCUT2D eigenvalue weighted by molar-refractivity contribution is -0.126. The lowest BCUT2D eigenvalue weighted by Crippen LogP contribution is -2.40. The second-order valence-electron chi connectivity index (χ2n) is 9.00. The number of carboxylic acids is 1. The third-order valence-electron chi connectivity index (χ3n) is 6.75. The van der Waals surface area contributed by atoms with Crippen LogP contribution in [0.4, 0.5) is 4.79 Å². The number of nitrogens with one attached hydrogen (secondary N) is 2. The molecule has 5 rings (SSSR count). The fourth-order valence-corrected chi connectivity index (χ4v) is 4.55. The quantitative estimate of drug-likeness (QED) is 0.461. The van der Waals surface area contributed by atoms with Crippen molar-refractivity contribution in [2.45, 2.75) is 25.3 Å². The third kappa shape index (κ3) is 4.59. The summed E-state index contributed by atoms with van der Waals surface area (Å²) >= 11 is 0. The van der Waals surface area contributed by atoms with Crippen LogP contribution in [0.1, 0.15) is 45.9 Å². The van der Waals surface area contributed by atoms with E-state index in [0.29, 0.717) is 18.4 Å². The molecule has 35 heavy (non-hydrogen) atoms. The molecule has 0 aliphatic heterocycles. The number of rotatable bonds is 8. The minimum absolute atomic E-state index is 0.0209. The molecule has 8 nitrogen and oxygen atoms in total. The van der Waals surface area contributed by atoms with Gasteiger partial charge in [-0.1, -0.05) is 54.6 Å². The van der Waals surface area contributed by atoms with Gasteiger partial charge in [-0.3, -0.25) is 4.79 Å². The van der Waals surface area contributed by atoms with Gasteiger partial charge in [-0.15, -0.1) is 0 Å². The maximum Gasteiger partial charge on any atom is 0.407 e. The van der Waals surface area contributed by atoms with Gasteiger partial charge in [0.15, 0.2) is 0 Å². The van der Waals surface area contributed by atoms with Crippen LogP contribution in [0.25, 0.3) is 11.1 Å². The van der Waals surface area contributed by atoms with E-state index < -0.39 is 17.5 Å². The van der Waals surface area contributed by atoms with Crippen molar-refractivity contribution in [3.63, 3.8) is 0 Å². The first kappa shape index (κ1) is 22.6. The summed E-state index contributed by atoms with van der Waals surface area (Å²) in [6.07, 6.45) is 2.25. The number of carboxylic acid groups (broad SMARTS) is 1. The predicted octanol–water partition coefficient (Wildman–Crippen LogP) is 3.71. The zero-order chi connectivity index (χ0) is 24.4. The molecule has 0 atom stereocenters. The molecular formula is C27H25N3O5. The highest BCUT2D eigenvalue weighted by Gasteiger charge is 2.49. The number of alkyl carbamates (subject to hydrolysis) is 1. The maximum absolute atomic E-state index is 12.7. The van der Waals surface area contributed by atoms with E-state index in [4.69, 9.17) is 9.84 Å². The standard InChI is InChI=1S/C27H25N3O5/c31-24(32)23-10-9-17(13-28-23)14-29-25(33)27(11-12-27)16-30-26(34)35-15-22-20-7-3-1-5-18(20)19-6-2-4-8-21(19)22/h1-10,13,22H,11-12,14-16H2,(H,29,33)(H,30,34)(H,31,32). The van der Waals surface area contributed by atoms with Crippen molar-refractivity contribution < 1.29 is 24.2 Å². The van der Waals surface area contributed by atoms with E-state index in [1.54, 1.807) is 6.07 Å². The molecule has 0 radical (unpaired) electrons. The molecule has 8 heteroatoms. The van der Waals surface area contributed by atoms with Crippen molar-refractivity contribution in [1.29, 1.82) is 0 Å². The van der Waals surface area contributed by atoms with E-state index in [-0.39, 0.29) is 37.2 Å². The first-order chi connectivity index (χ1) is 17.0. The number of aromatic carboxylic acids is 1. The number of aromatic nitrogens is 1. The van der Waals surface area contributed by atoms with Crippen molar-refractivity contribution in [2.75, 3.05) is 13.2 Å². The van der Waals surface area contributed by atoms with Crippen LogP contribution in [-0.2, 0) is 16.1 Å². The molecule has 178 valence electrons. The van der Waals surface area contributed by atoms with Crippen molar-refractivity contribution in [1.82, 2.24) is 15.6 Å². The van der Waals surface area contributed by atoms with Crippen molar-refractivity contribution in [3.05, 3.63) is 89.2 Å². The molecule has 2 aromatic carbocycles. The summed E-state index contributed by atoms with van der Waals surface area (Å²) in [5, 5.41) is 14.5. The topological polar surface area (TPSA) is 118 Å². The highest BCUT2D eigenvalue weighted by molar-refractivity contribution is 5.86. The van der Waals surface area contributed by atoms with Crippen LogP contribution in [0.5, 0.6) is 0 Å². The normalized spacial score (nSPS) is 15.0. The number of hydrogen-bond donors (Lipinski definition) is 3. The van der Waals surface area contributed by atoms with Gasteiger partial charge in [0.25, 0.3) is 0 Å². The number of pyridine rings is 1. The van der Waals surface area contributed by atoms with Crippen LogP contribution in [0.2, 0.25) is 0 Å². The Labute approximate surface area is 202 Å². The van der Waals surface area contributed by atoms with Gasteiger partial charge in [0.1, 0.15) is 12.3 Å². The Morgan fingerprint density at radius 3 is 2.17 bits per heavy atom. The minimum atomic E-state index is -1.10. The van der Waals surface area contributed by atoms with E-state index in [2.05, 4.69) is 39.9 Å². The maximum atomic E-state index is 12.7. The molecule has 2 aliphatic rings. The van der Waals surface area contributed by atoms with E-state index in [1.165, 1.54) is 23.4 Å². The van der Waals surface area contributed by atoms with E-state index in [0.717, 1.165) is 11.1 Å². The Hall–Kier alpha value is -4.20. The van der Waals surface area contributed by atoms with Crippen LogP contribution in [0, 0.1) is 5.41 Å². The second-order valence-corrected chi connectivity index (χ2v) is 9.00. The lowest BCUT2D eigenvalue weighted by atomic mass is 9.98. The highest BCUT2D eigenvalue weighted by Crippen LogP contribution is 2.46. The van der Waals surface area contributed by atoms with Crippen molar-refractivity contribution >= 4 is 18.0 Å². The number of ether oxygens (including phenoxy) is 1. The highest BCUT2D eigenvalue weighted by atomic mass is 16.5. The molecule has 1 aromatic heterocycles. The van der Waals surface area contributed by atoms with Gasteiger partial charge >= 0.3 is 12.1 Å². The van der Waals surface area contributed by atoms with Crippen LogP contribution >= 0.6 is 0 Å². The predicted molar refractivity (Wildman–Crippen MR) is 128 cm³/mol. The van der Waals surface area contributed by atoms with Gasteiger partial charge < -0.3 is 20.5 Å². The number of benzene rings is 2. The molecule has 0 bridgehead atoms. The molecule has 1 heterocycles. The fraction of sp³-hybridized carbons (Fsp3) is 0.259. The average molecular weight is 472 g/mol. The summed E-state index contributed by atoms with van der Waals surface area (Å²) in [6.45, 7) is 0.655. The Kier molecular flexibility index (Phi) is 5.94. The first-order valence-electron chi connectivity index (χ1n) is 11.5. The monoisotopic (exact) mass is 471 g/mol. The van der Waals surface area contributed by atoms with Crippen LogP contribution < -0.4 is 10.6 Å². The van der Waals surface area contributed by atoms with E-state index >= 15 is 0 Å². The van der Waals surface area contributed by atoms with Crippen molar-refractivity contribution in [2.24, 2.45) is 5.41 Å². The molecule has 2 amide bonds. The Morgan fingerprint density at radius 1 is 0.943 bits per heavy atom. The van der Waals surface area contributed by atoms with E-state index in [9.17, 15) is 14.4 Å². The summed E-state index contributed by atoms with van der Waals surface area (Å²) in [5.74, 6) is -1.27. The van der Waals surface area contributed by atoms with Crippen molar-refractivity contribution in [3.8, 4) is 11.1 Å². The molecule has 1 fully saturated rings. The largest absolute Gasteiger partial charge is 0.477 e. The molecule has 1 saturated carbocycles. The number of fused-ring (bicyclic) bond motifs is 3. The number of carbonyl (C=O) groups excluding carboxylic acids is 2.